The average Bonchev–Trinajstić information content (AvgIpc) is 2.68. The van der Waals surface area contributed by atoms with Crippen LogP contribution in [0.25, 0.3) is 5.57 Å². The van der Waals surface area contributed by atoms with Crippen LogP contribution in [0, 0.1) is 5.92 Å². The number of hydrogen-bond acceptors (Lipinski definition) is 2. The fourth-order valence-corrected chi connectivity index (χ4v) is 3.23. The molecule has 134 valence electrons. The monoisotopic (exact) mass is 348 g/mol. The SMILES string of the molecule is CC[C@H](C)[C@@H]1NC(=O)c2ccccc2/C1=C/C(=O)NCc1ccccc1. The molecule has 1 aliphatic heterocycles. The van der Waals surface area contributed by atoms with Crippen molar-refractivity contribution in [1.82, 2.24) is 10.6 Å². The number of rotatable bonds is 5. The Balaban J connectivity index is 1.87. The fraction of sp³-hybridized carbons (Fsp3) is 0.273. The topological polar surface area (TPSA) is 58.2 Å². The van der Waals surface area contributed by atoms with E-state index < -0.39 is 0 Å². The first-order valence-electron chi connectivity index (χ1n) is 9.03. The van der Waals surface area contributed by atoms with Crippen LogP contribution in [-0.2, 0) is 11.3 Å². The van der Waals surface area contributed by atoms with E-state index in [9.17, 15) is 9.59 Å². The van der Waals surface area contributed by atoms with Gasteiger partial charge in [0.2, 0.25) is 5.91 Å². The second-order valence-corrected chi connectivity index (χ2v) is 6.69. The molecular weight excluding hydrogens is 324 g/mol. The lowest BCUT2D eigenvalue weighted by molar-refractivity contribution is -0.116. The van der Waals surface area contributed by atoms with Gasteiger partial charge in [-0.25, -0.2) is 0 Å². The highest BCUT2D eigenvalue weighted by atomic mass is 16.2. The van der Waals surface area contributed by atoms with Gasteiger partial charge < -0.3 is 10.6 Å². The highest BCUT2D eigenvalue weighted by Gasteiger charge is 2.31. The van der Waals surface area contributed by atoms with E-state index in [1.807, 2.05) is 48.5 Å². The van der Waals surface area contributed by atoms with Crippen molar-refractivity contribution in [3.63, 3.8) is 0 Å². The van der Waals surface area contributed by atoms with Crippen LogP contribution in [0.3, 0.4) is 0 Å². The first-order valence-corrected chi connectivity index (χ1v) is 9.03. The van der Waals surface area contributed by atoms with Gasteiger partial charge in [0.05, 0.1) is 6.04 Å². The van der Waals surface area contributed by atoms with Gasteiger partial charge in [0.25, 0.3) is 5.91 Å². The Bertz CT molecular complexity index is 827. The highest BCUT2D eigenvalue weighted by Crippen LogP contribution is 2.31. The van der Waals surface area contributed by atoms with Crippen LogP contribution in [0.15, 0.2) is 60.7 Å². The Morgan fingerprint density at radius 2 is 1.77 bits per heavy atom. The van der Waals surface area contributed by atoms with Crippen LogP contribution in [0.5, 0.6) is 0 Å². The van der Waals surface area contributed by atoms with E-state index >= 15 is 0 Å². The third kappa shape index (κ3) is 3.85. The minimum atomic E-state index is -0.162. The fourth-order valence-electron chi connectivity index (χ4n) is 3.23. The van der Waals surface area contributed by atoms with Crippen molar-refractivity contribution in [2.45, 2.75) is 32.9 Å². The molecule has 4 nitrogen and oxygen atoms in total. The summed E-state index contributed by atoms with van der Waals surface area (Å²) >= 11 is 0. The van der Waals surface area contributed by atoms with Crippen molar-refractivity contribution in [2.24, 2.45) is 5.92 Å². The first-order chi connectivity index (χ1) is 12.6. The Morgan fingerprint density at radius 3 is 2.46 bits per heavy atom. The average molecular weight is 348 g/mol. The summed E-state index contributed by atoms with van der Waals surface area (Å²) in [6, 6.07) is 17.1. The summed E-state index contributed by atoms with van der Waals surface area (Å²) < 4.78 is 0. The molecule has 0 unspecified atom stereocenters. The minimum absolute atomic E-state index is 0.0762. The summed E-state index contributed by atoms with van der Waals surface area (Å²) in [5, 5.41) is 6.00. The largest absolute Gasteiger partial charge is 0.348 e. The third-order valence-corrected chi connectivity index (χ3v) is 4.91. The molecule has 2 aromatic rings. The van der Waals surface area contributed by atoms with Crippen molar-refractivity contribution in [2.75, 3.05) is 0 Å². The molecule has 0 spiro atoms. The van der Waals surface area contributed by atoms with Crippen LogP contribution in [0.4, 0.5) is 0 Å². The summed E-state index contributed by atoms with van der Waals surface area (Å²) in [6.45, 7) is 4.66. The molecule has 0 saturated heterocycles. The van der Waals surface area contributed by atoms with Crippen LogP contribution in [0.1, 0.15) is 41.8 Å². The maximum Gasteiger partial charge on any atom is 0.252 e. The summed E-state index contributed by atoms with van der Waals surface area (Å²) in [5.41, 5.74) is 3.39. The molecule has 0 bridgehead atoms. The normalized spacial score (nSPS) is 18.8. The van der Waals surface area contributed by atoms with Gasteiger partial charge in [0, 0.05) is 18.2 Å². The number of benzene rings is 2. The van der Waals surface area contributed by atoms with E-state index in [-0.39, 0.29) is 23.8 Å². The molecule has 0 aromatic heterocycles. The highest BCUT2D eigenvalue weighted by molar-refractivity contribution is 6.07. The van der Waals surface area contributed by atoms with E-state index in [1.165, 1.54) is 0 Å². The zero-order chi connectivity index (χ0) is 18.5. The van der Waals surface area contributed by atoms with Gasteiger partial charge in [0.15, 0.2) is 0 Å². The predicted octanol–water partition coefficient (Wildman–Crippen LogP) is 3.54. The number of amides is 2. The Hall–Kier alpha value is -2.88. The van der Waals surface area contributed by atoms with Gasteiger partial charge in [-0.2, -0.15) is 0 Å². The maximum absolute atomic E-state index is 12.5. The van der Waals surface area contributed by atoms with Crippen LogP contribution in [0.2, 0.25) is 0 Å². The summed E-state index contributed by atoms with van der Waals surface area (Å²) in [6.07, 6.45) is 2.55. The molecule has 2 atom stereocenters. The van der Waals surface area contributed by atoms with Gasteiger partial charge in [-0.15, -0.1) is 0 Å². The van der Waals surface area contributed by atoms with Gasteiger partial charge in [-0.1, -0.05) is 68.8 Å². The van der Waals surface area contributed by atoms with Crippen LogP contribution in [-0.4, -0.2) is 17.9 Å². The van der Waals surface area contributed by atoms with Crippen molar-refractivity contribution >= 4 is 17.4 Å². The predicted molar refractivity (Wildman–Crippen MR) is 103 cm³/mol. The lowest BCUT2D eigenvalue weighted by Gasteiger charge is -2.32. The van der Waals surface area contributed by atoms with Gasteiger partial charge in [0.1, 0.15) is 0 Å². The summed E-state index contributed by atoms with van der Waals surface area (Å²) in [5.74, 6) is 0.0105. The lowest BCUT2D eigenvalue weighted by atomic mass is 9.82. The van der Waals surface area contributed by atoms with Crippen LogP contribution < -0.4 is 10.6 Å². The Labute approximate surface area is 154 Å². The molecule has 2 N–H and O–H groups in total. The molecule has 3 rings (SSSR count). The standard InChI is InChI=1S/C22H24N2O2/c1-3-15(2)21-19(17-11-7-8-12-18(17)22(26)24-21)13-20(25)23-14-16-9-5-4-6-10-16/h4-13,15,21H,3,14H2,1-2H3,(H,23,25)(H,24,26)/b19-13-/t15-,21-/m0/s1. The molecule has 1 heterocycles. The molecule has 1 aliphatic rings. The smallest absolute Gasteiger partial charge is 0.252 e. The van der Waals surface area contributed by atoms with Crippen molar-refractivity contribution < 1.29 is 9.59 Å². The first kappa shape index (κ1) is 17.9. The molecule has 0 radical (unpaired) electrons. The van der Waals surface area contributed by atoms with Crippen molar-refractivity contribution in [3.8, 4) is 0 Å². The molecular formula is C22H24N2O2. The molecule has 4 heteroatoms. The molecule has 2 amide bonds. The zero-order valence-electron chi connectivity index (χ0n) is 15.2. The quantitative estimate of drug-likeness (QED) is 0.812. The second-order valence-electron chi connectivity index (χ2n) is 6.69. The summed E-state index contributed by atoms with van der Waals surface area (Å²) in [7, 11) is 0. The van der Waals surface area contributed by atoms with Crippen molar-refractivity contribution in [1.29, 1.82) is 0 Å². The van der Waals surface area contributed by atoms with E-state index in [1.54, 1.807) is 12.1 Å². The zero-order valence-corrected chi connectivity index (χ0v) is 15.2. The van der Waals surface area contributed by atoms with Gasteiger partial charge >= 0.3 is 0 Å². The van der Waals surface area contributed by atoms with E-state index in [0.717, 1.165) is 23.1 Å². The van der Waals surface area contributed by atoms with E-state index in [4.69, 9.17) is 0 Å². The number of carbonyl (C=O) groups excluding carboxylic acids is 2. The number of nitrogens with one attached hydrogen (secondary N) is 2. The Morgan fingerprint density at radius 1 is 1.12 bits per heavy atom. The second kappa shape index (κ2) is 8.00. The van der Waals surface area contributed by atoms with Crippen molar-refractivity contribution in [3.05, 3.63) is 77.4 Å². The molecule has 0 aliphatic carbocycles. The maximum atomic E-state index is 12.5. The number of fused-ring (bicyclic) bond motifs is 1. The van der Waals surface area contributed by atoms with E-state index in [0.29, 0.717) is 12.1 Å². The number of hydrogen-bond donors (Lipinski definition) is 2. The van der Waals surface area contributed by atoms with Crippen LogP contribution >= 0.6 is 0 Å². The molecule has 0 saturated carbocycles. The summed E-state index contributed by atoms with van der Waals surface area (Å²) in [4.78, 5) is 25.0. The lowest BCUT2D eigenvalue weighted by Crippen LogP contribution is -2.44. The number of carbonyl (C=O) groups is 2. The van der Waals surface area contributed by atoms with Gasteiger partial charge in [-0.05, 0) is 28.7 Å². The molecule has 26 heavy (non-hydrogen) atoms. The Kier molecular flexibility index (Phi) is 5.52. The minimum Gasteiger partial charge on any atom is -0.348 e. The van der Waals surface area contributed by atoms with Gasteiger partial charge in [-0.3, -0.25) is 9.59 Å². The molecule has 0 fully saturated rings. The third-order valence-electron chi connectivity index (χ3n) is 4.91. The van der Waals surface area contributed by atoms with E-state index in [2.05, 4.69) is 24.5 Å². The molecule has 2 aromatic carbocycles.